The van der Waals surface area contributed by atoms with Gasteiger partial charge in [0.25, 0.3) is 11.6 Å². The molecule has 0 bridgehead atoms. The molecule has 0 aromatic heterocycles. The minimum Gasteiger partial charge on any atom is -0.449 e. The molecule has 0 aliphatic heterocycles. The van der Waals surface area contributed by atoms with Crippen molar-refractivity contribution in [2.75, 3.05) is 0 Å². The number of hydrogen-bond acceptors (Lipinski definition) is 5. The van der Waals surface area contributed by atoms with Crippen LogP contribution in [0.5, 0.6) is 0 Å². The molecule has 0 aliphatic rings. The van der Waals surface area contributed by atoms with Crippen molar-refractivity contribution in [1.82, 2.24) is 0 Å². The number of primary amides is 1. The van der Waals surface area contributed by atoms with Crippen molar-refractivity contribution in [2.45, 2.75) is 13.0 Å². The zero-order chi connectivity index (χ0) is 14.4. The van der Waals surface area contributed by atoms with Gasteiger partial charge in [0, 0.05) is 12.1 Å². The second-order valence-electron chi connectivity index (χ2n) is 3.63. The Morgan fingerprint density at radius 2 is 2.05 bits per heavy atom. The van der Waals surface area contributed by atoms with Gasteiger partial charge in [-0.25, -0.2) is 4.79 Å². The van der Waals surface area contributed by atoms with Crippen LogP contribution in [0.1, 0.15) is 12.5 Å². The molecule has 2 N–H and O–H groups in total. The second kappa shape index (κ2) is 6.29. The van der Waals surface area contributed by atoms with Crippen LogP contribution in [0.3, 0.4) is 0 Å². The highest BCUT2D eigenvalue weighted by Gasteiger charge is 2.13. The summed E-state index contributed by atoms with van der Waals surface area (Å²) in [6, 6.07) is 5.92. The van der Waals surface area contributed by atoms with Crippen LogP contribution < -0.4 is 5.73 Å². The quantitative estimate of drug-likeness (QED) is 0.369. The van der Waals surface area contributed by atoms with Crippen molar-refractivity contribution >= 4 is 23.6 Å². The van der Waals surface area contributed by atoms with Gasteiger partial charge < -0.3 is 10.5 Å². The zero-order valence-electron chi connectivity index (χ0n) is 10.1. The van der Waals surface area contributed by atoms with Crippen molar-refractivity contribution in [3.05, 3.63) is 46.0 Å². The minimum atomic E-state index is -1.05. The first-order chi connectivity index (χ1) is 8.91. The van der Waals surface area contributed by atoms with Crippen LogP contribution in [0.2, 0.25) is 0 Å². The van der Waals surface area contributed by atoms with Gasteiger partial charge in [0.05, 0.1) is 10.5 Å². The van der Waals surface area contributed by atoms with E-state index in [9.17, 15) is 19.7 Å². The van der Waals surface area contributed by atoms with Gasteiger partial charge in [-0.3, -0.25) is 14.9 Å². The summed E-state index contributed by atoms with van der Waals surface area (Å²) in [5, 5.41) is 10.7. The predicted octanol–water partition coefficient (Wildman–Crippen LogP) is 1.02. The SMILES string of the molecule is C[C@H](OC(=O)/C=C/c1ccccc1[N+](=O)[O-])C(N)=O. The summed E-state index contributed by atoms with van der Waals surface area (Å²) in [7, 11) is 0. The molecule has 0 unspecified atom stereocenters. The first-order valence-electron chi connectivity index (χ1n) is 5.33. The number of esters is 1. The molecule has 7 heteroatoms. The number of rotatable bonds is 5. The van der Waals surface area contributed by atoms with Crippen LogP contribution in [0.15, 0.2) is 30.3 Å². The first kappa shape index (κ1) is 14.4. The Balaban J connectivity index is 2.79. The monoisotopic (exact) mass is 264 g/mol. The van der Waals surface area contributed by atoms with Crippen LogP contribution in [0.25, 0.3) is 6.08 Å². The fraction of sp³-hybridized carbons (Fsp3) is 0.167. The molecule has 0 saturated carbocycles. The number of nitro groups is 1. The number of hydrogen-bond donors (Lipinski definition) is 1. The molecule has 1 atom stereocenters. The van der Waals surface area contributed by atoms with E-state index in [1.54, 1.807) is 6.07 Å². The molecule has 7 nitrogen and oxygen atoms in total. The van der Waals surface area contributed by atoms with E-state index in [2.05, 4.69) is 4.74 Å². The predicted molar refractivity (Wildman–Crippen MR) is 66.9 cm³/mol. The van der Waals surface area contributed by atoms with Crippen LogP contribution in [0, 0.1) is 10.1 Å². The van der Waals surface area contributed by atoms with Crippen LogP contribution >= 0.6 is 0 Å². The lowest BCUT2D eigenvalue weighted by Gasteiger charge is -2.06. The van der Waals surface area contributed by atoms with E-state index < -0.39 is 22.9 Å². The summed E-state index contributed by atoms with van der Waals surface area (Å²) >= 11 is 0. The van der Waals surface area contributed by atoms with Gasteiger partial charge in [-0.05, 0) is 19.1 Å². The van der Waals surface area contributed by atoms with E-state index in [0.29, 0.717) is 0 Å². The Morgan fingerprint density at radius 3 is 2.63 bits per heavy atom. The topological polar surface area (TPSA) is 113 Å². The Kier molecular flexibility index (Phi) is 4.76. The number of carbonyl (C=O) groups is 2. The highest BCUT2D eigenvalue weighted by molar-refractivity contribution is 5.90. The number of nitrogens with zero attached hydrogens (tertiary/aromatic N) is 1. The van der Waals surface area contributed by atoms with Crippen LogP contribution in [-0.2, 0) is 14.3 Å². The largest absolute Gasteiger partial charge is 0.449 e. The third-order valence-electron chi connectivity index (χ3n) is 2.23. The number of carbonyl (C=O) groups excluding carboxylic acids is 2. The Hall–Kier alpha value is -2.70. The lowest BCUT2D eigenvalue weighted by molar-refractivity contribution is -0.385. The molecule has 1 rings (SSSR count). The summed E-state index contributed by atoms with van der Waals surface area (Å²) in [6.45, 7) is 1.33. The summed E-state index contributed by atoms with van der Waals surface area (Å²) in [5.41, 5.74) is 5.06. The molecular weight excluding hydrogens is 252 g/mol. The van der Waals surface area contributed by atoms with E-state index in [4.69, 9.17) is 5.73 Å². The summed E-state index contributed by atoms with van der Waals surface area (Å²) in [6.07, 6.45) is 1.19. The summed E-state index contributed by atoms with van der Waals surface area (Å²) < 4.78 is 4.66. The zero-order valence-corrected chi connectivity index (χ0v) is 10.1. The number of benzene rings is 1. The standard InChI is InChI=1S/C12H12N2O5/c1-8(12(13)16)19-11(15)7-6-9-4-2-3-5-10(9)14(17)18/h2-8H,1H3,(H2,13,16)/b7-6+/t8-/m0/s1. The number of para-hydroxylation sites is 1. The van der Waals surface area contributed by atoms with Crippen molar-refractivity contribution in [3.8, 4) is 0 Å². The first-order valence-corrected chi connectivity index (χ1v) is 5.33. The molecule has 100 valence electrons. The van der Waals surface area contributed by atoms with E-state index in [1.165, 1.54) is 31.2 Å². The summed E-state index contributed by atoms with van der Waals surface area (Å²) in [5.74, 6) is -1.57. The Labute approximate surface area is 108 Å². The Bertz CT molecular complexity index is 539. The van der Waals surface area contributed by atoms with Crippen molar-refractivity contribution < 1.29 is 19.2 Å². The average molecular weight is 264 g/mol. The Morgan fingerprint density at radius 1 is 1.42 bits per heavy atom. The van der Waals surface area contributed by atoms with E-state index in [-0.39, 0.29) is 11.3 Å². The third kappa shape index (κ3) is 4.23. The molecule has 0 aliphatic carbocycles. The minimum absolute atomic E-state index is 0.130. The molecule has 1 aromatic rings. The van der Waals surface area contributed by atoms with Gasteiger partial charge in [0.1, 0.15) is 0 Å². The smallest absolute Gasteiger partial charge is 0.331 e. The van der Waals surface area contributed by atoms with Crippen molar-refractivity contribution in [1.29, 1.82) is 0 Å². The van der Waals surface area contributed by atoms with E-state index in [0.717, 1.165) is 6.08 Å². The average Bonchev–Trinajstić information content (AvgIpc) is 2.36. The van der Waals surface area contributed by atoms with Gasteiger partial charge in [-0.1, -0.05) is 12.1 Å². The molecule has 0 saturated heterocycles. The van der Waals surface area contributed by atoms with E-state index in [1.807, 2.05) is 0 Å². The lowest BCUT2D eigenvalue weighted by Crippen LogP contribution is -2.29. The van der Waals surface area contributed by atoms with Crippen molar-refractivity contribution in [3.63, 3.8) is 0 Å². The normalized spacial score (nSPS) is 12.1. The van der Waals surface area contributed by atoms with Gasteiger partial charge in [-0.15, -0.1) is 0 Å². The van der Waals surface area contributed by atoms with Gasteiger partial charge in [-0.2, -0.15) is 0 Å². The maximum absolute atomic E-state index is 11.3. The molecule has 0 radical (unpaired) electrons. The number of ether oxygens (including phenoxy) is 1. The molecule has 1 amide bonds. The fourth-order valence-corrected chi connectivity index (χ4v) is 1.22. The van der Waals surface area contributed by atoms with Crippen molar-refractivity contribution in [2.24, 2.45) is 5.73 Å². The molecule has 19 heavy (non-hydrogen) atoms. The fourth-order valence-electron chi connectivity index (χ4n) is 1.22. The van der Waals surface area contributed by atoms with Crippen LogP contribution in [-0.4, -0.2) is 22.9 Å². The third-order valence-corrected chi connectivity index (χ3v) is 2.23. The highest BCUT2D eigenvalue weighted by Crippen LogP contribution is 2.18. The maximum Gasteiger partial charge on any atom is 0.331 e. The van der Waals surface area contributed by atoms with Gasteiger partial charge in [0.2, 0.25) is 0 Å². The van der Waals surface area contributed by atoms with Crippen LogP contribution in [0.4, 0.5) is 5.69 Å². The number of nitro benzene ring substituents is 1. The summed E-state index contributed by atoms with van der Waals surface area (Å²) in [4.78, 5) is 32.2. The van der Waals surface area contributed by atoms with Gasteiger partial charge >= 0.3 is 5.97 Å². The molecule has 0 heterocycles. The van der Waals surface area contributed by atoms with E-state index >= 15 is 0 Å². The highest BCUT2D eigenvalue weighted by atomic mass is 16.6. The molecule has 1 aromatic carbocycles. The second-order valence-corrected chi connectivity index (χ2v) is 3.63. The maximum atomic E-state index is 11.3. The molecule has 0 spiro atoms. The number of nitrogens with two attached hydrogens (primary N) is 1. The van der Waals surface area contributed by atoms with Gasteiger partial charge in [0.15, 0.2) is 6.10 Å². The molecule has 0 fully saturated rings. The lowest BCUT2D eigenvalue weighted by atomic mass is 10.1. The molecular formula is C12H12N2O5. The number of amides is 1.